The SMILES string of the molecule is CCC(C)CN(C)C1(CN)CC(C)N(C2CC2)C1. The molecule has 106 valence electrons. The molecule has 0 radical (unpaired) electrons. The number of hydrogen-bond donors (Lipinski definition) is 1. The molecule has 2 rings (SSSR count). The Hall–Kier alpha value is -0.120. The monoisotopic (exact) mass is 253 g/mol. The van der Waals surface area contributed by atoms with Gasteiger partial charge >= 0.3 is 0 Å². The Morgan fingerprint density at radius 3 is 2.61 bits per heavy atom. The first kappa shape index (κ1) is 14.3. The van der Waals surface area contributed by atoms with Gasteiger partial charge < -0.3 is 5.73 Å². The van der Waals surface area contributed by atoms with Crippen LogP contribution in [-0.4, -0.2) is 54.1 Å². The minimum atomic E-state index is 0.228. The van der Waals surface area contributed by atoms with Gasteiger partial charge in [0.2, 0.25) is 0 Å². The summed E-state index contributed by atoms with van der Waals surface area (Å²) < 4.78 is 0. The van der Waals surface area contributed by atoms with E-state index < -0.39 is 0 Å². The zero-order chi connectivity index (χ0) is 13.3. The van der Waals surface area contributed by atoms with Crippen molar-refractivity contribution in [2.75, 3.05) is 26.7 Å². The standard InChI is InChI=1S/C15H31N3/c1-5-12(2)9-17(4)15(10-16)8-13(3)18(11-15)14-6-7-14/h12-14H,5-11,16H2,1-4H3. The molecular formula is C15H31N3. The van der Waals surface area contributed by atoms with Gasteiger partial charge in [-0.1, -0.05) is 20.3 Å². The van der Waals surface area contributed by atoms with Gasteiger partial charge in [-0.15, -0.1) is 0 Å². The largest absolute Gasteiger partial charge is 0.329 e. The van der Waals surface area contributed by atoms with Gasteiger partial charge in [0.05, 0.1) is 0 Å². The van der Waals surface area contributed by atoms with E-state index in [1.165, 1.54) is 38.8 Å². The molecule has 0 aromatic heterocycles. The van der Waals surface area contributed by atoms with Crippen molar-refractivity contribution in [3.8, 4) is 0 Å². The molecule has 1 aliphatic heterocycles. The van der Waals surface area contributed by atoms with Crippen LogP contribution in [0.25, 0.3) is 0 Å². The van der Waals surface area contributed by atoms with Gasteiger partial charge in [0, 0.05) is 37.3 Å². The van der Waals surface area contributed by atoms with Crippen LogP contribution >= 0.6 is 0 Å². The molecule has 3 unspecified atom stereocenters. The molecule has 18 heavy (non-hydrogen) atoms. The smallest absolute Gasteiger partial charge is 0.0470 e. The van der Waals surface area contributed by atoms with Crippen molar-refractivity contribution in [2.45, 2.75) is 64.1 Å². The van der Waals surface area contributed by atoms with E-state index in [4.69, 9.17) is 5.73 Å². The summed E-state index contributed by atoms with van der Waals surface area (Å²) in [5, 5.41) is 0. The van der Waals surface area contributed by atoms with Crippen LogP contribution in [0, 0.1) is 5.92 Å². The Morgan fingerprint density at radius 1 is 1.44 bits per heavy atom. The second-order valence-electron chi connectivity index (χ2n) is 6.78. The van der Waals surface area contributed by atoms with E-state index in [9.17, 15) is 0 Å². The third kappa shape index (κ3) is 2.73. The molecule has 2 fully saturated rings. The second kappa shape index (κ2) is 5.48. The predicted molar refractivity (Wildman–Crippen MR) is 77.7 cm³/mol. The van der Waals surface area contributed by atoms with E-state index >= 15 is 0 Å². The van der Waals surface area contributed by atoms with Gasteiger partial charge in [-0.3, -0.25) is 9.80 Å². The lowest BCUT2D eigenvalue weighted by Gasteiger charge is -2.39. The van der Waals surface area contributed by atoms with Crippen molar-refractivity contribution in [1.82, 2.24) is 9.80 Å². The van der Waals surface area contributed by atoms with E-state index in [2.05, 4.69) is 37.6 Å². The number of likely N-dealkylation sites (tertiary alicyclic amines) is 1. The summed E-state index contributed by atoms with van der Waals surface area (Å²) in [4.78, 5) is 5.26. The van der Waals surface area contributed by atoms with E-state index in [0.717, 1.165) is 18.5 Å². The fourth-order valence-electron chi connectivity index (χ4n) is 3.49. The average molecular weight is 253 g/mol. The van der Waals surface area contributed by atoms with Crippen molar-refractivity contribution < 1.29 is 0 Å². The fourth-order valence-corrected chi connectivity index (χ4v) is 3.49. The van der Waals surface area contributed by atoms with Crippen LogP contribution in [-0.2, 0) is 0 Å². The van der Waals surface area contributed by atoms with Crippen molar-refractivity contribution in [3.63, 3.8) is 0 Å². The molecule has 1 saturated carbocycles. The van der Waals surface area contributed by atoms with Crippen molar-refractivity contribution >= 4 is 0 Å². The topological polar surface area (TPSA) is 32.5 Å². The molecule has 3 nitrogen and oxygen atoms in total. The summed E-state index contributed by atoms with van der Waals surface area (Å²) in [6.07, 6.45) is 5.31. The van der Waals surface area contributed by atoms with Gasteiger partial charge in [-0.05, 0) is 39.2 Å². The summed E-state index contributed by atoms with van der Waals surface area (Å²) in [5.41, 5.74) is 6.39. The van der Waals surface area contributed by atoms with Crippen molar-refractivity contribution in [1.29, 1.82) is 0 Å². The Labute approximate surface area is 113 Å². The highest BCUT2D eigenvalue weighted by molar-refractivity contribution is 5.06. The summed E-state index contributed by atoms with van der Waals surface area (Å²) in [6, 6.07) is 1.57. The third-order valence-electron chi connectivity index (χ3n) is 5.21. The highest BCUT2D eigenvalue weighted by Crippen LogP contribution is 2.39. The highest BCUT2D eigenvalue weighted by Gasteiger charge is 2.48. The molecule has 1 saturated heterocycles. The molecular weight excluding hydrogens is 222 g/mol. The quantitative estimate of drug-likeness (QED) is 0.785. The summed E-state index contributed by atoms with van der Waals surface area (Å²) >= 11 is 0. The maximum Gasteiger partial charge on any atom is 0.0470 e. The van der Waals surface area contributed by atoms with Gasteiger partial charge in [0.25, 0.3) is 0 Å². The van der Waals surface area contributed by atoms with Crippen LogP contribution in [0.5, 0.6) is 0 Å². The molecule has 3 heteroatoms. The van der Waals surface area contributed by atoms with Crippen LogP contribution in [0.1, 0.15) is 46.5 Å². The van der Waals surface area contributed by atoms with Crippen molar-refractivity contribution in [2.24, 2.45) is 11.7 Å². The lowest BCUT2D eigenvalue weighted by atomic mass is 9.93. The minimum absolute atomic E-state index is 0.228. The average Bonchev–Trinajstić information content (AvgIpc) is 3.13. The zero-order valence-corrected chi connectivity index (χ0v) is 12.7. The Bertz CT molecular complexity index is 277. The molecule has 1 heterocycles. The van der Waals surface area contributed by atoms with Crippen LogP contribution < -0.4 is 5.73 Å². The zero-order valence-electron chi connectivity index (χ0n) is 12.7. The van der Waals surface area contributed by atoms with Crippen molar-refractivity contribution in [3.05, 3.63) is 0 Å². The second-order valence-corrected chi connectivity index (χ2v) is 6.78. The normalized spacial score (nSPS) is 35.3. The van der Waals surface area contributed by atoms with E-state index in [1.807, 2.05) is 0 Å². The number of rotatable bonds is 6. The van der Waals surface area contributed by atoms with Crippen LogP contribution in [0.3, 0.4) is 0 Å². The van der Waals surface area contributed by atoms with Gasteiger partial charge in [0.1, 0.15) is 0 Å². The van der Waals surface area contributed by atoms with Crippen LogP contribution in [0.15, 0.2) is 0 Å². The molecule has 0 spiro atoms. The van der Waals surface area contributed by atoms with E-state index in [0.29, 0.717) is 6.04 Å². The molecule has 0 aromatic carbocycles. The molecule has 3 atom stereocenters. The summed E-state index contributed by atoms with van der Waals surface area (Å²) in [5.74, 6) is 0.767. The number of nitrogens with two attached hydrogens (primary N) is 1. The predicted octanol–water partition coefficient (Wildman–Crippen LogP) is 1.92. The third-order valence-corrected chi connectivity index (χ3v) is 5.21. The fraction of sp³-hybridized carbons (Fsp3) is 1.00. The molecule has 2 N–H and O–H groups in total. The van der Waals surface area contributed by atoms with E-state index in [1.54, 1.807) is 0 Å². The Morgan fingerprint density at radius 2 is 2.11 bits per heavy atom. The lowest BCUT2D eigenvalue weighted by Crippen LogP contribution is -2.55. The van der Waals surface area contributed by atoms with E-state index in [-0.39, 0.29) is 5.54 Å². The molecule has 1 aliphatic carbocycles. The number of likely N-dealkylation sites (N-methyl/N-ethyl adjacent to an activating group) is 1. The molecule has 2 aliphatic rings. The van der Waals surface area contributed by atoms with Gasteiger partial charge in [0.15, 0.2) is 0 Å². The first-order valence-corrected chi connectivity index (χ1v) is 7.69. The Kier molecular flexibility index (Phi) is 4.35. The Balaban J connectivity index is 2.01. The van der Waals surface area contributed by atoms with Crippen LogP contribution in [0.4, 0.5) is 0 Å². The van der Waals surface area contributed by atoms with Gasteiger partial charge in [-0.2, -0.15) is 0 Å². The highest BCUT2D eigenvalue weighted by atomic mass is 15.3. The maximum atomic E-state index is 6.16. The summed E-state index contributed by atoms with van der Waals surface area (Å²) in [6.45, 7) is 10.2. The first-order chi connectivity index (χ1) is 8.52. The summed E-state index contributed by atoms with van der Waals surface area (Å²) in [7, 11) is 2.28. The first-order valence-electron chi connectivity index (χ1n) is 7.69. The number of nitrogens with zero attached hydrogens (tertiary/aromatic N) is 2. The lowest BCUT2D eigenvalue weighted by molar-refractivity contribution is 0.110. The molecule has 0 amide bonds. The number of hydrogen-bond acceptors (Lipinski definition) is 3. The maximum absolute atomic E-state index is 6.16. The molecule has 0 bridgehead atoms. The van der Waals surface area contributed by atoms with Gasteiger partial charge in [-0.25, -0.2) is 0 Å². The molecule has 0 aromatic rings. The minimum Gasteiger partial charge on any atom is -0.329 e. The van der Waals surface area contributed by atoms with Crippen LogP contribution in [0.2, 0.25) is 0 Å².